The third kappa shape index (κ3) is 3.80. The number of rotatable bonds is 5. The van der Waals surface area contributed by atoms with Gasteiger partial charge in [0, 0.05) is 31.2 Å². The quantitative estimate of drug-likeness (QED) is 0.762. The summed E-state index contributed by atoms with van der Waals surface area (Å²) >= 11 is 0. The molecule has 0 aliphatic carbocycles. The molecule has 1 aromatic carbocycles. The second-order valence-corrected chi connectivity index (χ2v) is 6.34. The Labute approximate surface area is 134 Å². The van der Waals surface area contributed by atoms with Gasteiger partial charge in [-0.3, -0.25) is 4.79 Å². The lowest BCUT2D eigenvalue weighted by molar-refractivity contribution is -0.116. The Balaban J connectivity index is 1.51. The fraction of sp³-hybridized carbons (Fsp3) is 0.500. The van der Waals surface area contributed by atoms with E-state index >= 15 is 0 Å². The molecular weight excluding hydrogens is 294 g/mol. The molecule has 1 atom stereocenters. The van der Waals surface area contributed by atoms with Crippen LogP contribution in [0.5, 0.6) is 0 Å². The number of amides is 1. The summed E-state index contributed by atoms with van der Waals surface area (Å²) < 4.78 is 0. The smallest absolute Gasteiger partial charge is 0.323 e. The first-order chi connectivity index (χ1) is 11.0. The van der Waals surface area contributed by atoms with Crippen LogP contribution in [-0.2, 0) is 4.79 Å². The molecule has 124 valence electrons. The molecule has 0 bridgehead atoms. The molecular formula is C16H23N5O2. The second-order valence-electron chi connectivity index (χ2n) is 6.34. The number of aromatic nitrogens is 2. The van der Waals surface area contributed by atoms with Gasteiger partial charge in [0.05, 0.1) is 11.0 Å². The van der Waals surface area contributed by atoms with E-state index in [1.807, 2.05) is 0 Å². The lowest BCUT2D eigenvalue weighted by Crippen LogP contribution is -2.32. The molecule has 1 fully saturated rings. The summed E-state index contributed by atoms with van der Waals surface area (Å²) in [6, 6.07) is 5.93. The third-order valence-electron chi connectivity index (χ3n) is 4.43. The summed E-state index contributed by atoms with van der Waals surface area (Å²) in [5.41, 5.74) is 1.89. The fourth-order valence-electron chi connectivity index (χ4n) is 3.03. The van der Waals surface area contributed by atoms with Gasteiger partial charge in [-0.2, -0.15) is 0 Å². The van der Waals surface area contributed by atoms with E-state index in [0.29, 0.717) is 23.7 Å². The molecule has 7 heteroatoms. The van der Waals surface area contributed by atoms with Gasteiger partial charge in [0.15, 0.2) is 0 Å². The molecule has 3 N–H and O–H groups in total. The third-order valence-corrected chi connectivity index (χ3v) is 4.43. The molecule has 0 radical (unpaired) electrons. The number of nitrogens with zero attached hydrogens (tertiary/aromatic N) is 2. The summed E-state index contributed by atoms with van der Waals surface area (Å²) in [4.78, 5) is 33.3. The zero-order valence-corrected chi connectivity index (χ0v) is 13.6. The van der Waals surface area contributed by atoms with Crippen LogP contribution in [0.2, 0.25) is 0 Å². The highest BCUT2D eigenvalue weighted by molar-refractivity contribution is 5.93. The van der Waals surface area contributed by atoms with E-state index < -0.39 is 0 Å². The van der Waals surface area contributed by atoms with E-state index in [-0.39, 0.29) is 11.6 Å². The van der Waals surface area contributed by atoms with Crippen LogP contribution in [0, 0.1) is 0 Å². The molecule has 7 nitrogen and oxygen atoms in total. The largest absolute Gasteiger partial charge is 0.326 e. The van der Waals surface area contributed by atoms with Crippen LogP contribution in [0.3, 0.4) is 0 Å². The number of anilines is 1. The summed E-state index contributed by atoms with van der Waals surface area (Å²) in [5.74, 6) is -0.00413. The minimum absolute atomic E-state index is 0.00413. The van der Waals surface area contributed by atoms with E-state index in [2.05, 4.69) is 39.2 Å². The Morgan fingerprint density at radius 3 is 2.87 bits per heavy atom. The SMILES string of the molecule is CN(C)[C@H]1CCN(CCC(=O)Nc2ccc3[nH]c(=O)[nH]c3c2)C1. The number of hydrogen-bond donors (Lipinski definition) is 3. The lowest BCUT2D eigenvalue weighted by Gasteiger charge is -2.20. The van der Waals surface area contributed by atoms with Crippen LogP contribution < -0.4 is 11.0 Å². The monoisotopic (exact) mass is 317 g/mol. The number of likely N-dealkylation sites (tertiary alicyclic amines) is 1. The van der Waals surface area contributed by atoms with Gasteiger partial charge in [0.25, 0.3) is 0 Å². The van der Waals surface area contributed by atoms with E-state index in [4.69, 9.17) is 0 Å². The summed E-state index contributed by atoms with van der Waals surface area (Å²) in [6.45, 7) is 2.85. The van der Waals surface area contributed by atoms with Gasteiger partial charge in [0.1, 0.15) is 0 Å². The summed E-state index contributed by atoms with van der Waals surface area (Å²) in [7, 11) is 4.20. The van der Waals surface area contributed by atoms with Gasteiger partial charge in [0.2, 0.25) is 5.91 Å². The standard InChI is InChI=1S/C16H23N5O2/c1-20(2)12-5-7-21(10-12)8-6-15(22)17-11-3-4-13-14(9-11)19-16(23)18-13/h3-4,9,12H,5-8,10H2,1-2H3,(H,17,22)(H2,18,19,23)/t12-/m0/s1. The Bertz CT molecular complexity index is 748. The van der Waals surface area contributed by atoms with Crippen LogP contribution in [-0.4, -0.2) is 65.4 Å². The van der Waals surface area contributed by atoms with Crippen molar-refractivity contribution >= 4 is 22.6 Å². The van der Waals surface area contributed by atoms with Crippen molar-refractivity contribution in [1.82, 2.24) is 19.8 Å². The average Bonchev–Trinajstić information content (AvgIpc) is 3.10. The van der Waals surface area contributed by atoms with E-state index in [1.54, 1.807) is 18.2 Å². The van der Waals surface area contributed by atoms with Crippen molar-refractivity contribution in [2.45, 2.75) is 18.9 Å². The zero-order chi connectivity index (χ0) is 16.4. The van der Waals surface area contributed by atoms with Crippen LogP contribution in [0.25, 0.3) is 11.0 Å². The number of carbonyl (C=O) groups excluding carboxylic acids is 1. The highest BCUT2D eigenvalue weighted by atomic mass is 16.1. The molecule has 23 heavy (non-hydrogen) atoms. The highest BCUT2D eigenvalue weighted by Crippen LogP contribution is 2.16. The van der Waals surface area contributed by atoms with E-state index in [0.717, 1.165) is 31.6 Å². The minimum Gasteiger partial charge on any atom is -0.326 e. The van der Waals surface area contributed by atoms with Gasteiger partial charge in [-0.05, 0) is 45.3 Å². The van der Waals surface area contributed by atoms with Crippen molar-refractivity contribution in [3.63, 3.8) is 0 Å². The minimum atomic E-state index is -0.243. The van der Waals surface area contributed by atoms with Crippen LogP contribution in [0.15, 0.2) is 23.0 Å². The van der Waals surface area contributed by atoms with Crippen molar-refractivity contribution in [3.05, 3.63) is 28.7 Å². The molecule has 0 spiro atoms. The van der Waals surface area contributed by atoms with Gasteiger partial charge < -0.3 is 25.1 Å². The first-order valence-corrected chi connectivity index (χ1v) is 7.92. The first-order valence-electron chi connectivity index (χ1n) is 7.92. The first kappa shape index (κ1) is 15.8. The van der Waals surface area contributed by atoms with Gasteiger partial charge in [-0.25, -0.2) is 4.79 Å². The van der Waals surface area contributed by atoms with Crippen molar-refractivity contribution in [2.24, 2.45) is 0 Å². The topological polar surface area (TPSA) is 84.2 Å². The normalized spacial score (nSPS) is 18.8. The van der Waals surface area contributed by atoms with Crippen molar-refractivity contribution in [1.29, 1.82) is 0 Å². The molecule has 1 saturated heterocycles. The molecule has 1 aromatic heterocycles. The molecule has 0 unspecified atom stereocenters. The highest BCUT2D eigenvalue weighted by Gasteiger charge is 2.23. The lowest BCUT2D eigenvalue weighted by atomic mass is 10.2. The summed E-state index contributed by atoms with van der Waals surface area (Å²) in [6.07, 6.45) is 1.63. The number of likely N-dealkylation sites (N-methyl/N-ethyl adjacent to an activating group) is 1. The van der Waals surface area contributed by atoms with Gasteiger partial charge in [-0.15, -0.1) is 0 Å². The molecule has 1 aliphatic rings. The molecule has 0 saturated carbocycles. The Hall–Kier alpha value is -2.12. The Morgan fingerprint density at radius 1 is 1.35 bits per heavy atom. The predicted octanol–water partition coefficient (Wildman–Crippen LogP) is 0.821. The molecule has 1 aliphatic heterocycles. The maximum atomic E-state index is 12.1. The van der Waals surface area contributed by atoms with Crippen molar-refractivity contribution in [2.75, 3.05) is 39.0 Å². The van der Waals surface area contributed by atoms with Crippen LogP contribution >= 0.6 is 0 Å². The Kier molecular flexibility index (Phi) is 4.49. The maximum Gasteiger partial charge on any atom is 0.323 e. The average molecular weight is 317 g/mol. The van der Waals surface area contributed by atoms with Crippen molar-refractivity contribution < 1.29 is 4.79 Å². The number of nitrogens with one attached hydrogen (secondary N) is 3. The molecule has 1 amide bonds. The molecule has 3 rings (SSSR count). The number of carbonyl (C=O) groups is 1. The second kappa shape index (κ2) is 6.55. The molecule has 2 heterocycles. The number of fused-ring (bicyclic) bond motifs is 1. The van der Waals surface area contributed by atoms with Gasteiger partial charge in [-0.1, -0.05) is 0 Å². The Morgan fingerprint density at radius 2 is 2.13 bits per heavy atom. The predicted molar refractivity (Wildman–Crippen MR) is 90.7 cm³/mol. The fourth-order valence-corrected chi connectivity index (χ4v) is 3.03. The number of H-pyrrole nitrogens is 2. The number of hydrogen-bond acceptors (Lipinski definition) is 4. The number of benzene rings is 1. The van der Waals surface area contributed by atoms with Crippen molar-refractivity contribution in [3.8, 4) is 0 Å². The zero-order valence-electron chi connectivity index (χ0n) is 13.6. The van der Waals surface area contributed by atoms with E-state index in [1.165, 1.54) is 0 Å². The maximum absolute atomic E-state index is 12.1. The van der Waals surface area contributed by atoms with E-state index in [9.17, 15) is 9.59 Å². The number of imidazole rings is 1. The summed E-state index contributed by atoms with van der Waals surface area (Å²) in [5, 5.41) is 2.89. The van der Waals surface area contributed by atoms with Crippen LogP contribution in [0.1, 0.15) is 12.8 Å². The molecule has 2 aromatic rings. The van der Waals surface area contributed by atoms with Gasteiger partial charge >= 0.3 is 5.69 Å². The van der Waals surface area contributed by atoms with Crippen LogP contribution in [0.4, 0.5) is 5.69 Å². The number of aromatic amines is 2.